The molecule has 3 atom stereocenters. The summed E-state index contributed by atoms with van der Waals surface area (Å²) >= 11 is 0. The van der Waals surface area contributed by atoms with Crippen LogP contribution < -0.4 is 4.74 Å². The van der Waals surface area contributed by atoms with E-state index in [1.165, 1.54) is 6.92 Å². The fourth-order valence-corrected chi connectivity index (χ4v) is 3.72. The van der Waals surface area contributed by atoms with Crippen molar-refractivity contribution in [2.75, 3.05) is 0 Å². The highest BCUT2D eigenvalue weighted by Gasteiger charge is 2.62. The first-order valence-corrected chi connectivity index (χ1v) is 9.67. The van der Waals surface area contributed by atoms with Gasteiger partial charge in [0.2, 0.25) is 6.10 Å². The Morgan fingerprint density at radius 1 is 1.13 bits per heavy atom. The molecule has 0 heterocycles. The summed E-state index contributed by atoms with van der Waals surface area (Å²) in [6, 6.07) is 18.0. The van der Waals surface area contributed by atoms with Crippen molar-refractivity contribution in [3.05, 3.63) is 71.8 Å². The summed E-state index contributed by atoms with van der Waals surface area (Å²) in [7, 11) is 0. The van der Waals surface area contributed by atoms with Gasteiger partial charge in [0.1, 0.15) is 17.6 Å². The van der Waals surface area contributed by atoms with E-state index in [9.17, 15) is 18.8 Å². The van der Waals surface area contributed by atoms with Crippen LogP contribution in [0.15, 0.2) is 66.3 Å². The summed E-state index contributed by atoms with van der Waals surface area (Å²) < 4.78 is 36.8. The maximum atomic E-state index is 12.8. The SMILES string of the molecule is CC(CC1C(C(=O)OC(C#N)c2cccc(Oc3ccccc3)c2)C1(C)C)=C(F)F. The number of para-hydroxylation sites is 1. The molecule has 1 aliphatic rings. The second-order valence-electron chi connectivity index (χ2n) is 8.08. The number of halogens is 2. The number of esters is 1. The molecular weight excluding hydrogens is 388 g/mol. The quantitative estimate of drug-likeness (QED) is 0.493. The molecule has 0 N–H and O–H groups in total. The molecule has 0 amide bonds. The summed E-state index contributed by atoms with van der Waals surface area (Å²) in [5, 5.41) is 9.55. The molecular formula is C24H23F2NO3. The Bertz CT molecular complexity index is 991. The average Bonchev–Trinajstić information content (AvgIpc) is 3.26. The number of nitriles is 1. The van der Waals surface area contributed by atoms with Crippen molar-refractivity contribution >= 4 is 5.97 Å². The zero-order valence-electron chi connectivity index (χ0n) is 17.1. The van der Waals surface area contributed by atoms with Gasteiger partial charge in [-0.25, -0.2) is 0 Å². The lowest BCUT2D eigenvalue weighted by Crippen LogP contribution is -2.14. The number of rotatable bonds is 7. The minimum Gasteiger partial charge on any atom is -0.457 e. The van der Waals surface area contributed by atoms with Crippen molar-refractivity contribution in [2.24, 2.45) is 17.3 Å². The van der Waals surface area contributed by atoms with E-state index < -0.39 is 29.5 Å². The van der Waals surface area contributed by atoms with Gasteiger partial charge in [0.25, 0.3) is 6.08 Å². The number of ether oxygens (including phenoxy) is 2. The maximum absolute atomic E-state index is 12.8. The predicted octanol–water partition coefficient (Wildman–Crippen LogP) is 6.42. The van der Waals surface area contributed by atoms with E-state index >= 15 is 0 Å². The van der Waals surface area contributed by atoms with Gasteiger partial charge in [0, 0.05) is 5.56 Å². The van der Waals surface area contributed by atoms with Crippen LogP contribution in [-0.4, -0.2) is 5.97 Å². The Kier molecular flexibility index (Phi) is 6.21. The first kappa shape index (κ1) is 21.5. The molecule has 1 aliphatic carbocycles. The van der Waals surface area contributed by atoms with E-state index in [1.807, 2.05) is 38.1 Å². The zero-order chi connectivity index (χ0) is 21.9. The van der Waals surface area contributed by atoms with Crippen LogP contribution in [0, 0.1) is 28.6 Å². The van der Waals surface area contributed by atoms with Gasteiger partial charge in [0.15, 0.2) is 0 Å². The number of carbonyl (C=O) groups excluding carboxylic acids is 1. The number of benzene rings is 2. The Morgan fingerprint density at radius 2 is 1.80 bits per heavy atom. The van der Waals surface area contributed by atoms with E-state index in [1.54, 1.807) is 36.4 Å². The Morgan fingerprint density at radius 3 is 2.43 bits per heavy atom. The molecule has 4 nitrogen and oxygen atoms in total. The lowest BCUT2D eigenvalue weighted by atomic mass is 10.0. The van der Waals surface area contributed by atoms with Crippen molar-refractivity contribution in [1.29, 1.82) is 5.26 Å². The second kappa shape index (κ2) is 8.66. The Labute approximate surface area is 174 Å². The summed E-state index contributed by atoms with van der Waals surface area (Å²) in [6.45, 7) is 5.06. The van der Waals surface area contributed by atoms with Gasteiger partial charge >= 0.3 is 5.97 Å². The van der Waals surface area contributed by atoms with Crippen molar-refractivity contribution in [1.82, 2.24) is 0 Å². The number of nitrogens with zero attached hydrogens (tertiary/aromatic N) is 1. The minimum absolute atomic E-state index is 0.0222. The van der Waals surface area contributed by atoms with Crippen molar-refractivity contribution < 1.29 is 23.0 Å². The Hall–Kier alpha value is -3.20. The molecule has 0 aliphatic heterocycles. The summed E-state index contributed by atoms with van der Waals surface area (Å²) in [5.74, 6) is -0.145. The van der Waals surface area contributed by atoms with E-state index in [0.29, 0.717) is 17.1 Å². The molecule has 0 spiro atoms. The highest BCUT2D eigenvalue weighted by molar-refractivity contribution is 5.78. The highest BCUT2D eigenvalue weighted by Crippen LogP contribution is 2.61. The van der Waals surface area contributed by atoms with Crippen LogP contribution in [0.2, 0.25) is 0 Å². The van der Waals surface area contributed by atoms with E-state index in [-0.39, 0.29) is 17.9 Å². The first-order chi connectivity index (χ1) is 14.2. The highest BCUT2D eigenvalue weighted by atomic mass is 19.3. The topological polar surface area (TPSA) is 59.3 Å². The predicted molar refractivity (Wildman–Crippen MR) is 108 cm³/mol. The van der Waals surface area contributed by atoms with Gasteiger partial charge in [-0.3, -0.25) is 4.79 Å². The third-order valence-electron chi connectivity index (χ3n) is 5.64. The molecule has 1 saturated carbocycles. The molecule has 1 fully saturated rings. The molecule has 30 heavy (non-hydrogen) atoms. The zero-order valence-corrected chi connectivity index (χ0v) is 17.1. The molecule has 2 aromatic carbocycles. The van der Waals surface area contributed by atoms with Gasteiger partial charge in [0.05, 0.1) is 5.92 Å². The minimum atomic E-state index is -1.71. The molecule has 3 unspecified atom stereocenters. The lowest BCUT2D eigenvalue weighted by molar-refractivity contribution is -0.149. The molecule has 6 heteroatoms. The van der Waals surface area contributed by atoms with E-state index in [0.717, 1.165) is 0 Å². The summed E-state index contributed by atoms with van der Waals surface area (Å²) in [6.07, 6.45) is -2.69. The van der Waals surface area contributed by atoms with Gasteiger partial charge < -0.3 is 9.47 Å². The Balaban J connectivity index is 1.70. The van der Waals surface area contributed by atoms with Crippen molar-refractivity contribution in [3.8, 4) is 17.6 Å². The molecule has 2 aromatic rings. The van der Waals surface area contributed by atoms with Crippen LogP contribution in [0.5, 0.6) is 11.5 Å². The molecule has 0 saturated heterocycles. The lowest BCUT2D eigenvalue weighted by Gasteiger charge is -2.13. The van der Waals surface area contributed by atoms with Gasteiger partial charge in [-0.1, -0.05) is 44.2 Å². The second-order valence-corrected chi connectivity index (χ2v) is 8.08. The molecule has 3 rings (SSSR count). The standard InChI is InChI=1S/C24H23F2NO3/c1-15(22(25)26)12-19-21(24(19,2)3)23(28)30-20(14-27)16-8-7-11-18(13-16)29-17-9-5-4-6-10-17/h4-11,13,19-21H,12H2,1-3H3. The first-order valence-electron chi connectivity index (χ1n) is 9.67. The third-order valence-corrected chi connectivity index (χ3v) is 5.64. The summed E-state index contributed by atoms with van der Waals surface area (Å²) in [4.78, 5) is 12.7. The van der Waals surface area contributed by atoms with Crippen molar-refractivity contribution in [2.45, 2.75) is 33.3 Å². The van der Waals surface area contributed by atoms with Crippen LogP contribution in [-0.2, 0) is 9.53 Å². The molecule has 0 bridgehead atoms. The number of hydrogen-bond acceptors (Lipinski definition) is 4. The van der Waals surface area contributed by atoms with Crippen LogP contribution in [0.25, 0.3) is 0 Å². The number of carbonyl (C=O) groups is 1. The number of hydrogen-bond donors (Lipinski definition) is 0. The summed E-state index contributed by atoms with van der Waals surface area (Å²) in [5.41, 5.74) is 0.0117. The fraction of sp³-hybridized carbons (Fsp3) is 0.333. The largest absolute Gasteiger partial charge is 0.457 e. The normalized spacial score (nSPS) is 19.9. The monoisotopic (exact) mass is 411 g/mol. The fourth-order valence-electron chi connectivity index (χ4n) is 3.72. The average molecular weight is 411 g/mol. The molecule has 156 valence electrons. The van der Waals surface area contributed by atoms with Crippen LogP contribution >= 0.6 is 0 Å². The van der Waals surface area contributed by atoms with Crippen LogP contribution in [0.1, 0.15) is 38.9 Å². The van der Waals surface area contributed by atoms with Gasteiger partial charge in [-0.15, -0.1) is 0 Å². The maximum Gasteiger partial charge on any atom is 0.311 e. The smallest absolute Gasteiger partial charge is 0.311 e. The van der Waals surface area contributed by atoms with Gasteiger partial charge in [-0.05, 0) is 54.5 Å². The van der Waals surface area contributed by atoms with E-state index in [2.05, 4.69) is 0 Å². The van der Waals surface area contributed by atoms with Crippen molar-refractivity contribution in [3.63, 3.8) is 0 Å². The van der Waals surface area contributed by atoms with Crippen LogP contribution in [0.4, 0.5) is 8.78 Å². The van der Waals surface area contributed by atoms with Crippen LogP contribution in [0.3, 0.4) is 0 Å². The third kappa shape index (κ3) is 4.68. The molecule has 0 aromatic heterocycles. The van der Waals surface area contributed by atoms with Gasteiger partial charge in [-0.2, -0.15) is 14.0 Å². The van der Waals surface area contributed by atoms with E-state index in [4.69, 9.17) is 9.47 Å². The number of allylic oxidation sites excluding steroid dienone is 1. The molecule has 0 radical (unpaired) electrons.